The Morgan fingerprint density at radius 3 is 2.21 bits per heavy atom. The number of hydrogen-bond acceptors (Lipinski definition) is 4. The van der Waals surface area contributed by atoms with Crippen LogP contribution in [0.4, 0.5) is 0 Å². The number of aliphatic hydroxyl groups excluding tert-OH is 1. The van der Waals surface area contributed by atoms with Crippen molar-refractivity contribution in [2.75, 3.05) is 6.61 Å². The molecule has 0 radical (unpaired) electrons. The number of sulfonamides is 1. The summed E-state index contributed by atoms with van der Waals surface area (Å²) in [6.45, 7) is 1.76. The second-order valence-electron chi connectivity index (χ2n) is 6.85. The Hall–Kier alpha value is -1.70. The van der Waals surface area contributed by atoms with Crippen LogP contribution in [0.15, 0.2) is 70.9 Å². The normalized spacial score (nSPS) is 13.9. The molecular formula is C22H24ClNO3S2. The van der Waals surface area contributed by atoms with Crippen molar-refractivity contribution >= 4 is 33.0 Å². The highest BCUT2D eigenvalue weighted by Crippen LogP contribution is 2.30. The number of aliphatic hydroxyl groups is 1. The molecule has 2 N–H and O–H groups in total. The van der Waals surface area contributed by atoms with Gasteiger partial charge in [0.05, 0.1) is 17.0 Å². The van der Waals surface area contributed by atoms with Gasteiger partial charge in [0.1, 0.15) is 4.21 Å². The molecule has 0 aliphatic carbocycles. The minimum Gasteiger partial charge on any atom is -0.395 e. The molecule has 29 heavy (non-hydrogen) atoms. The van der Waals surface area contributed by atoms with Crippen molar-refractivity contribution < 1.29 is 13.5 Å². The molecule has 3 aromatic rings. The lowest BCUT2D eigenvalue weighted by atomic mass is 9.87. The molecule has 4 nitrogen and oxygen atoms in total. The van der Waals surface area contributed by atoms with E-state index in [1.165, 1.54) is 6.07 Å². The second-order valence-corrected chi connectivity index (χ2v) is 10.5. The molecule has 0 bridgehead atoms. The van der Waals surface area contributed by atoms with E-state index in [1.807, 2.05) is 49.4 Å². The molecule has 0 spiro atoms. The Bertz CT molecular complexity index is 1020. The van der Waals surface area contributed by atoms with E-state index >= 15 is 0 Å². The summed E-state index contributed by atoms with van der Waals surface area (Å²) in [5.74, 6) is -0.139. The number of hydrogen-bond donors (Lipinski definition) is 2. The maximum Gasteiger partial charge on any atom is 0.250 e. The van der Waals surface area contributed by atoms with Crippen molar-refractivity contribution in [3.63, 3.8) is 0 Å². The average Bonchev–Trinajstić information content (AvgIpc) is 3.19. The molecule has 3 rings (SSSR count). The van der Waals surface area contributed by atoms with Crippen molar-refractivity contribution in [1.82, 2.24) is 4.72 Å². The summed E-state index contributed by atoms with van der Waals surface area (Å²) in [4.78, 5) is 0. The van der Waals surface area contributed by atoms with Gasteiger partial charge in [0.25, 0.3) is 0 Å². The highest BCUT2D eigenvalue weighted by Gasteiger charge is 2.28. The van der Waals surface area contributed by atoms with Crippen molar-refractivity contribution in [3.05, 3.63) is 76.6 Å². The standard InChI is InChI=1S/C22H24ClNO3S2/c1-2-6-19(18-11-9-17(10-12-18)16-7-4-3-5-8-16)20(15-25)24-29(26,27)22-14-13-21(23)28-22/h3-5,7-14,19-20,24-25H,2,6,15H2,1H3/t19-,20+/m1/s1. The first-order valence-corrected chi connectivity index (χ1v) is 12.2. The van der Waals surface area contributed by atoms with Crippen LogP contribution in [0.2, 0.25) is 4.34 Å². The maximum absolute atomic E-state index is 12.7. The Morgan fingerprint density at radius 1 is 1.00 bits per heavy atom. The Kier molecular flexibility index (Phi) is 7.49. The molecule has 1 heterocycles. The summed E-state index contributed by atoms with van der Waals surface area (Å²) < 4.78 is 28.7. The van der Waals surface area contributed by atoms with E-state index in [9.17, 15) is 13.5 Å². The lowest BCUT2D eigenvalue weighted by Gasteiger charge is -2.26. The van der Waals surface area contributed by atoms with Crippen molar-refractivity contribution in [2.24, 2.45) is 0 Å². The molecule has 0 saturated carbocycles. The van der Waals surface area contributed by atoms with Crippen molar-refractivity contribution in [2.45, 2.75) is 35.9 Å². The fourth-order valence-corrected chi connectivity index (χ4v) is 6.18. The highest BCUT2D eigenvalue weighted by atomic mass is 35.5. The van der Waals surface area contributed by atoms with E-state index in [4.69, 9.17) is 11.6 Å². The third kappa shape index (κ3) is 5.47. The fraction of sp³-hybridized carbons (Fsp3) is 0.273. The van der Waals surface area contributed by atoms with Crippen LogP contribution < -0.4 is 4.72 Å². The van der Waals surface area contributed by atoms with Gasteiger partial charge in [-0.05, 0) is 35.2 Å². The smallest absolute Gasteiger partial charge is 0.250 e. The third-order valence-corrected chi connectivity index (χ3v) is 8.06. The van der Waals surface area contributed by atoms with Gasteiger partial charge in [0, 0.05) is 5.92 Å². The molecule has 0 unspecified atom stereocenters. The molecule has 154 valence electrons. The van der Waals surface area contributed by atoms with Gasteiger partial charge in [-0.25, -0.2) is 13.1 Å². The van der Waals surface area contributed by atoms with Gasteiger partial charge in [-0.2, -0.15) is 0 Å². The summed E-state index contributed by atoms with van der Waals surface area (Å²) >= 11 is 6.89. The number of rotatable bonds is 9. The zero-order valence-corrected chi connectivity index (χ0v) is 18.5. The van der Waals surface area contributed by atoms with Crippen LogP contribution in [0.5, 0.6) is 0 Å². The quantitative estimate of drug-likeness (QED) is 0.466. The minimum atomic E-state index is -3.75. The molecule has 0 saturated heterocycles. The van der Waals surface area contributed by atoms with Crippen LogP contribution in [0.3, 0.4) is 0 Å². The number of nitrogens with one attached hydrogen (secondary N) is 1. The summed E-state index contributed by atoms with van der Waals surface area (Å²) in [7, 11) is -3.75. The van der Waals surface area contributed by atoms with E-state index in [0.29, 0.717) is 4.34 Å². The third-order valence-electron chi connectivity index (χ3n) is 4.85. The van der Waals surface area contributed by atoms with Gasteiger partial charge < -0.3 is 5.11 Å². The Labute approximate surface area is 181 Å². The van der Waals surface area contributed by atoms with E-state index in [2.05, 4.69) is 16.9 Å². The summed E-state index contributed by atoms with van der Waals surface area (Å²) in [5.41, 5.74) is 3.22. The predicted molar refractivity (Wildman–Crippen MR) is 120 cm³/mol. The maximum atomic E-state index is 12.7. The minimum absolute atomic E-state index is 0.139. The van der Waals surface area contributed by atoms with Crippen molar-refractivity contribution in [1.29, 1.82) is 0 Å². The number of thiophene rings is 1. The molecular weight excluding hydrogens is 426 g/mol. The van der Waals surface area contributed by atoms with Gasteiger partial charge in [-0.15, -0.1) is 11.3 Å². The summed E-state index contributed by atoms with van der Waals surface area (Å²) in [6, 6.07) is 20.6. The van der Waals surface area contributed by atoms with Crippen LogP contribution in [-0.4, -0.2) is 26.2 Å². The summed E-state index contributed by atoms with van der Waals surface area (Å²) in [5, 5.41) is 9.98. The first kappa shape index (κ1) is 22.0. The SMILES string of the molecule is CCC[C@H](c1ccc(-c2ccccc2)cc1)[C@H](CO)NS(=O)(=O)c1ccc(Cl)s1. The Morgan fingerprint density at radius 2 is 1.66 bits per heavy atom. The van der Waals surface area contributed by atoms with Crippen LogP contribution in [0.1, 0.15) is 31.2 Å². The molecule has 7 heteroatoms. The monoisotopic (exact) mass is 449 g/mol. The topological polar surface area (TPSA) is 66.4 Å². The van der Waals surface area contributed by atoms with Gasteiger partial charge in [0.2, 0.25) is 10.0 Å². The van der Waals surface area contributed by atoms with E-state index in [0.717, 1.165) is 40.9 Å². The molecule has 1 aromatic heterocycles. The molecule has 0 fully saturated rings. The lowest BCUT2D eigenvalue weighted by molar-refractivity contribution is 0.234. The first-order valence-electron chi connectivity index (χ1n) is 9.48. The summed E-state index contributed by atoms with van der Waals surface area (Å²) in [6.07, 6.45) is 1.62. The molecule has 2 aromatic carbocycles. The van der Waals surface area contributed by atoms with E-state index < -0.39 is 16.1 Å². The largest absolute Gasteiger partial charge is 0.395 e. The van der Waals surface area contributed by atoms with Gasteiger partial charge in [-0.1, -0.05) is 79.5 Å². The zero-order chi connectivity index (χ0) is 20.9. The van der Waals surface area contributed by atoms with Crippen LogP contribution in [-0.2, 0) is 10.0 Å². The lowest BCUT2D eigenvalue weighted by Crippen LogP contribution is -2.41. The van der Waals surface area contributed by atoms with E-state index in [1.54, 1.807) is 6.07 Å². The number of benzene rings is 2. The second kappa shape index (κ2) is 9.87. The van der Waals surface area contributed by atoms with Gasteiger partial charge >= 0.3 is 0 Å². The Balaban J connectivity index is 1.85. The van der Waals surface area contributed by atoms with Crippen molar-refractivity contribution in [3.8, 4) is 11.1 Å². The van der Waals surface area contributed by atoms with Gasteiger partial charge in [-0.3, -0.25) is 0 Å². The van der Waals surface area contributed by atoms with Crippen LogP contribution in [0, 0.1) is 0 Å². The molecule has 0 aliphatic heterocycles. The predicted octanol–water partition coefficient (Wildman–Crippen LogP) is 5.29. The zero-order valence-electron chi connectivity index (χ0n) is 16.1. The highest BCUT2D eigenvalue weighted by molar-refractivity contribution is 7.91. The van der Waals surface area contributed by atoms with E-state index in [-0.39, 0.29) is 16.7 Å². The molecule has 0 aliphatic rings. The van der Waals surface area contributed by atoms with Crippen LogP contribution in [0.25, 0.3) is 11.1 Å². The fourth-order valence-electron chi connectivity index (χ4n) is 3.41. The first-order chi connectivity index (χ1) is 13.9. The molecule has 0 amide bonds. The van der Waals surface area contributed by atoms with Crippen LogP contribution >= 0.6 is 22.9 Å². The molecule has 2 atom stereocenters. The van der Waals surface area contributed by atoms with Gasteiger partial charge in [0.15, 0.2) is 0 Å². The average molecular weight is 450 g/mol. The number of halogens is 1.